The Balaban J connectivity index is 1.72. The summed E-state index contributed by atoms with van der Waals surface area (Å²) in [5.74, 6) is 0.960. The third kappa shape index (κ3) is 4.21. The standard InChI is InChI=1S/C27H24S/c1-20-13-16-24(17-14-20)28-19-23-15-12-21(2)18-27(23)26-11-7-6-10-25(26)22-8-4-3-5-9-22/h3-18H,19H2,1-2H3. The molecule has 4 aromatic carbocycles. The van der Waals surface area contributed by atoms with Gasteiger partial charge < -0.3 is 0 Å². The van der Waals surface area contributed by atoms with E-state index in [1.54, 1.807) is 0 Å². The fraction of sp³-hybridized carbons (Fsp3) is 0.111. The molecule has 0 spiro atoms. The lowest BCUT2D eigenvalue weighted by molar-refractivity contribution is 1.33. The van der Waals surface area contributed by atoms with Crippen LogP contribution in [-0.2, 0) is 5.75 Å². The predicted molar refractivity (Wildman–Crippen MR) is 123 cm³/mol. The van der Waals surface area contributed by atoms with E-state index in [1.165, 1.54) is 43.8 Å². The van der Waals surface area contributed by atoms with E-state index in [0.717, 1.165) is 5.75 Å². The largest absolute Gasteiger partial charge is 0.121 e. The molecule has 0 N–H and O–H groups in total. The number of benzene rings is 4. The molecule has 0 saturated heterocycles. The van der Waals surface area contributed by atoms with Gasteiger partial charge in [-0.25, -0.2) is 0 Å². The van der Waals surface area contributed by atoms with Crippen LogP contribution in [0.5, 0.6) is 0 Å². The first-order valence-corrected chi connectivity index (χ1v) is 10.6. The number of rotatable bonds is 5. The lowest BCUT2D eigenvalue weighted by Crippen LogP contribution is -1.92. The van der Waals surface area contributed by atoms with Gasteiger partial charge in [0.25, 0.3) is 0 Å². The lowest BCUT2D eigenvalue weighted by Gasteiger charge is -2.15. The molecule has 0 fully saturated rings. The van der Waals surface area contributed by atoms with Crippen LogP contribution in [0.25, 0.3) is 22.3 Å². The Morgan fingerprint density at radius 3 is 1.96 bits per heavy atom. The van der Waals surface area contributed by atoms with Crippen molar-refractivity contribution in [3.8, 4) is 22.3 Å². The summed E-state index contributed by atoms with van der Waals surface area (Å²) in [5, 5.41) is 0. The Kier molecular flexibility index (Phi) is 5.64. The van der Waals surface area contributed by atoms with Crippen LogP contribution >= 0.6 is 11.8 Å². The quantitative estimate of drug-likeness (QED) is 0.317. The highest BCUT2D eigenvalue weighted by molar-refractivity contribution is 7.98. The molecule has 0 unspecified atom stereocenters. The highest BCUT2D eigenvalue weighted by Crippen LogP contribution is 2.36. The summed E-state index contributed by atoms with van der Waals surface area (Å²) in [7, 11) is 0. The van der Waals surface area contributed by atoms with E-state index >= 15 is 0 Å². The lowest BCUT2D eigenvalue weighted by atomic mass is 9.91. The molecular weight excluding hydrogens is 356 g/mol. The van der Waals surface area contributed by atoms with Gasteiger partial charge >= 0.3 is 0 Å². The van der Waals surface area contributed by atoms with Gasteiger partial charge in [-0.1, -0.05) is 96.1 Å². The summed E-state index contributed by atoms with van der Waals surface area (Å²) in [4.78, 5) is 1.31. The van der Waals surface area contributed by atoms with Crippen molar-refractivity contribution in [1.82, 2.24) is 0 Å². The van der Waals surface area contributed by atoms with Gasteiger partial charge in [-0.2, -0.15) is 0 Å². The van der Waals surface area contributed by atoms with Crippen molar-refractivity contribution in [3.63, 3.8) is 0 Å². The smallest absolute Gasteiger partial charge is 0.0238 e. The molecule has 0 aromatic heterocycles. The van der Waals surface area contributed by atoms with Crippen LogP contribution in [0.1, 0.15) is 16.7 Å². The molecule has 0 atom stereocenters. The summed E-state index contributed by atoms with van der Waals surface area (Å²) in [6.45, 7) is 4.30. The summed E-state index contributed by atoms with van der Waals surface area (Å²) < 4.78 is 0. The van der Waals surface area contributed by atoms with Gasteiger partial charge in [0.05, 0.1) is 0 Å². The number of thioether (sulfide) groups is 1. The van der Waals surface area contributed by atoms with E-state index in [-0.39, 0.29) is 0 Å². The summed E-state index contributed by atoms with van der Waals surface area (Å²) in [5.41, 5.74) is 9.15. The molecular formula is C27H24S. The molecule has 4 rings (SSSR count). The fourth-order valence-corrected chi connectivity index (χ4v) is 4.35. The second-order valence-corrected chi connectivity index (χ2v) is 8.22. The second kappa shape index (κ2) is 8.50. The summed E-state index contributed by atoms with van der Waals surface area (Å²) in [6.07, 6.45) is 0. The molecule has 0 aliphatic rings. The zero-order valence-electron chi connectivity index (χ0n) is 16.4. The second-order valence-electron chi connectivity index (χ2n) is 7.17. The topological polar surface area (TPSA) is 0 Å². The monoisotopic (exact) mass is 380 g/mol. The Bertz CT molecular complexity index is 1060. The van der Waals surface area contributed by atoms with Gasteiger partial charge in [-0.05, 0) is 53.8 Å². The van der Waals surface area contributed by atoms with Crippen molar-refractivity contribution >= 4 is 11.8 Å². The number of aryl methyl sites for hydroxylation is 2. The zero-order valence-corrected chi connectivity index (χ0v) is 17.2. The molecule has 0 radical (unpaired) electrons. The van der Waals surface area contributed by atoms with Crippen LogP contribution in [-0.4, -0.2) is 0 Å². The van der Waals surface area contributed by atoms with Crippen LogP contribution < -0.4 is 0 Å². The fourth-order valence-electron chi connectivity index (χ4n) is 3.45. The molecule has 0 aliphatic heterocycles. The van der Waals surface area contributed by atoms with E-state index in [0.29, 0.717) is 0 Å². The molecule has 1 heteroatoms. The first-order chi connectivity index (χ1) is 13.7. The third-order valence-corrected chi connectivity index (χ3v) is 6.04. The van der Waals surface area contributed by atoms with E-state index in [1.807, 2.05) is 11.8 Å². The van der Waals surface area contributed by atoms with Gasteiger partial charge in [0.1, 0.15) is 0 Å². The van der Waals surface area contributed by atoms with E-state index in [4.69, 9.17) is 0 Å². The molecule has 138 valence electrons. The molecule has 0 heterocycles. The van der Waals surface area contributed by atoms with Crippen molar-refractivity contribution in [1.29, 1.82) is 0 Å². The molecule has 0 aliphatic carbocycles. The Hall–Kier alpha value is -2.77. The van der Waals surface area contributed by atoms with Crippen LogP contribution in [0.15, 0.2) is 102 Å². The van der Waals surface area contributed by atoms with Crippen LogP contribution in [0, 0.1) is 13.8 Å². The maximum atomic E-state index is 2.33. The highest BCUT2D eigenvalue weighted by atomic mass is 32.2. The Labute approximate surface area is 172 Å². The summed E-state index contributed by atoms with van der Waals surface area (Å²) >= 11 is 1.90. The average molecular weight is 381 g/mol. The van der Waals surface area contributed by atoms with Crippen molar-refractivity contribution in [2.45, 2.75) is 24.5 Å². The average Bonchev–Trinajstić information content (AvgIpc) is 2.74. The number of hydrogen-bond acceptors (Lipinski definition) is 1. The van der Waals surface area contributed by atoms with Crippen molar-refractivity contribution in [2.24, 2.45) is 0 Å². The molecule has 4 aromatic rings. The minimum absolute atomic E-state index is 0.960. The van der Waals surface area contributed by atoms with Crippen LogP contribution in [0.2, 0.25) is 0 Å². The predicted octanol–water partition coefficient (Wildman–Crippen LogP) is 7.93. The first-order valence-electron chi connectivity index (χ1n) is 9.64. The van der Waals surface area contributed by atoms with Gasteiger partial charge in [-0.15, -0.1) is 11.8 Å². The maximum Gasteiger partial charge on any atom is 0.0238 e. The van der Waals surface area contributed by atoms with Crippen molar-refractivity contribution in [3.05, 3.63) is 114 Å². The molecule has 0 bridgehead atoms. The van der Waals surface area contributed by atoms with Gasteiger partial charge in [-0.3, -0.25) is 0 Å². The van der Waals surface area contributed by atoms with E-state index in [9.17, 15) is 0 Å². The normalized spacial score (nSPS) is 10.8. The minimum atomic E-state index is 0.960. The van der Waals surface area contributed by atoms with Gasteiger partial charge in [0, 0.05) is 10.6 Å². The van der Waals surface area contributed by atoms with Crippen molar-refractivity contribution in [2.75, 3.05) is 0 Å². The number of hydrogen-bond donors (Lipinski definition) is 0. The highest BCUT2D eigenvalue weighted by Gasteiger charge is 2.11. The van der Waals surface area contributed by atoms with E-state index < -0.39 is 0 Å². The van der Waals surface area contributed by atoms with Crippen LogP contribution in [0.3, 0.4) is 0 Å². The van der Waals surface area contributed by atoms with Crippen LogP contribution in [0.4, 0.5) is 0 Å². The Morgan fingerprint density at radius 2 is 1.21 bits per heavy atom. The summed E-state index contributed by atoms with van der Waals surface area (Å²) in [6, 6.07) is 35.0. The molecule has 0 saturated carbocycles. The molecule has 0 nitrogen and oxygen atoms in total. The SMILES string of the molecule is Cc1ccc(SCc2ccc(C)cc2-c2ccccc2-c2ccccc2)cc1. The Morgan fingerprint density at radius 1 is 0.571 bits per heavy atom. The molecule has 28 heavy (non-hydrogen) atoms. The first kappa shape index (κ1) is 18.6. The van der Waals surface area contributed by atoms with Gasteiger partial charge in [0.2, 0.25) is 0 Å². The molecule has 0 amide bonds. The zero-order chi connectivity index (χ0) is 19.3. The third-order valence-electron chi connectivity index (χ3n) is 4.98. The maximum absolute atomic E-state index is 2.33. The van der Waals surface area contributed by atoms with Gasteiger partial charge in [0.15, 0.2) is 0 Å². The van der Waals surface area contributed by atoms with Crippen molar-refractivity contribution < 1.29 is 0 Å². The minimum Gasteiger partial charge on any atom is -0.121 e. The van der Waals surface area contributed by atoms with E-state index in [2.05, 4.69) is 111 Å².